The molecule has 2 atom stereocenters. The second kappa shape index (κ2) is 9.43. The zero-order valence-corrected chi connectivity index (χ0v) is 19.7. The predicted molar refractivity (Wildman–Crippen MR) is 124 cm³/mol. The van der Waals surface area contributed by atoms with Gasteiger partial charge in [-0.15, -0.1) is 0 Å². The van der Waals surface area contributed by atoms with Crippen molar-refractivity contribution in [1.29, 1.82) is 0 Å². The van der Waals surface area contributed by atoms with Gasteiger partial charge in [0.05, 0.1) is 19.1 Å². The average molecular weight is 485 g/mol. The molecule has 4 rings (SSSR count). The molecule has 0 radical (unpaired) electrons. The highest BCUT2D eigenvalue weighted by atomic mass is 79.9. The summed E-state index contributed by atoms with van der Waals surface area (Å²) >= 11 is 3.55. The molecule has 2 amide bonds. The van der Waals surface area contributed by atoms with Crippen LogP contribution in [0.4, 0.5) is 0 Å². The fourth-order valence-corrected chi connectivity index (χ4v) is 5.17. The van der Waals surface area contributed by atoms with Crippen LogP contribution in [0.5, 0.6) is 5.75 Å². The first-order valence-electron chi connectivity index (χ1n) is 11.0. The Balaban J connectivity index is 1.50. The third kappa shape index (κ3) is 4.64. The van der Waals surface area contributed by atoms with E-state index >= 15 is 0 Å². The van der Waals surface area contributed by atoms with Crippen LogP contribution in [0, 0.1) is 12.8 Å². The summed E-state index contributed by atoms with van der Waals surface area (Å²) in [6.45, 7) is 3.96. The van der Waals surface area contributed by atoms with Gasteiger partial charge < -0.3 is 14.5 Å². The molecule has 2 heterocycles. The number of nitrogens with zero attached hydrogens (tertiary/aromatic N) is 2. The lowest BCUT2D eigenvalue weighted by Gasteiger charge is -2.36. The molecule has 2 saturated heterocycles. The minimum atomic E-state index is -0.151. The van der Waals surface area contributed by atoms with Gasteiger partial charge in [-0.05, 0) is 62.9 Å². The molecule has 5 nitrogen and oxygen atoms in total. The maximum Gasteiger partial charge on any atom is 0.253 e. The molecule has 2 fully saturated rings. The highest BCUT2D eigenvalue weighted by Gasteiger charge is 2.37. The Labute approximate surface area is 192 Å². The van der Waals surface area contributed by atoms with Crippen LogP contribution in [0.1, 0.15) is 53.2 Å². The summed E-state index contributed by atoms with van der Waals surface area (Å²) in [4.78, 5) is 30.4. The van der Waals surface area contributed by atoms with Crippen molar-refractivity contribution in [1.82, 2.24) is 9.80 Å². The summed E-state index contributed by atoms with van der Waals surface area (Å²) < 4.78 is 6.56. The summed E-state index contributed by atoms with van der Waals surface area (Å²) in [5.74, 6) is 0.838. The summed E-state index contributed by atoms with van der Waals surface area (Å²) in [6, 6.07) is 13.6. The van der Waals surface area contributed by atoms with Crippen LogP contribution < -0.4 is 4.74 Å². The molecule has 0 aliphatic carbocycles. The van der Waals surface area contributed by atoms with E-state index in [1.54, 1.807) is 7.11 Å². The normalized spacial score (nSPS) is 21.3. The molecular formula is C25H29BrN2O3. The van der Waals surface area contributed by atoms with E-state index in [9.17, 15) is 9.59 Å². The monoisotopic (exact) mass is 484 g/mol. The largest absolute Gasteiger partial charge is 0.496 e. The number of halogens is 1. The second-order valence-electron chi connectivity index (χ2n) is 8.53. The van der Waals surface area contributed by atoms with Crippen molar-refractivity contribution in [2.24, 2.45) is 5.92 Å². The molecule has 6 heteroatoms. The second-order valence-corrected chi connectivity index (χ2v) is 9.45. The molecule has 2 aromatic carbocycles. The Bertz CT molecular complexity index is 960. The number of methoxy groups -OCH3 is 1. The first-order chi connectivity index (χ1) is 15.0. The third-order valence-electron chi connectivity index (χ3n) is 6.44. The van der Waals surface area contributed by atoms with E-state index < -0.39 is 0 Å². The van der Waals surface area contributed by atoms with Gasteiger partial charge in [-0.2, -0.15) is 0 Å². The molecule has 2 aliphatic rings. The lowest BCUT2D eigenvalue weighted by atomic mass is 9.94. The fraction of sp³-hybridized carbons (Fsp3) is 0.440. The highest BCUT2D eigenvalue weighted by molar-refractivity contribution is 9.10. The fourth-order valence-electron chi connectivity index (χ4n) is 4.80. The van der Waals surface area contributed by atoms with Crippen molar-refractivity contribution < 1.29 is 14.3 Å². The molecule has 0 spiro atoms. The first kappa shape index (κ1) is 21.9. The Morgan fingerprint density at radius 1 is 1.03 bits per heavy atom. The molecule has 31 heavy (non-hydrogen) atoms. The zero-order chi connectivity index (χ0) is 22.0. The van der Waals surface area contributed by atoms with Crippen molar-refractivity contribution in [3.05, 3.63) is 63.6 Å². The minimum absolute atomic E-state index is 0.0168. The number of amides is 2. The third-order valence-corrected chi connectivity index (χ3v) is 6.94. The number of likely N-dealkylation sites (tertiary alicyclic amines) is 2. The topological polar surface area (TPSA) is 49.9 Å². The predicted octanol–water partition coefficient (Wildman–Crippen LogP) is 4.98. The number of carbonyl (C=O) groups is 2. The van der Waals surface area contributed by atoms with Crippen molar-refractivity contribution in [2.45, 2.75) is 38.6 Å². The maximum absolute atomic E-state index is 13.6. The zero-order valence-electron chi connectivity index (χ0n) is 18.1. The summed E-state index contributed by atoms with van der Waals surface area (Å²) in [5, 5.41) is 0. The highest BCUT2D eigenvalue weighted by Crippen LogP contribution is 2.39. The first-order valence-corrected chi connectivity index (χ1v) is 11.8. The van der Waals surface area contributed by atoms with Gasteiger partial charge in [-0.3, -0.25) is 9.59 Å². The van der Waals surface area contributed by atoms with Gasteiger partial charge in [0, 0.05) is 35.2 Å². The van der Waals surface area contributed by atoms with E-state index in [-0.39, 0.29) is 23.8 Å². The summed E-state index contributed by atoms with van der Waals surface area (Å²) in [5.41, 5.74) is 2.87. The molecule has 2 unspecified atom stereocenters. The van der Waals surface area contributed by atoms with Crippen molar-refractivity contribution in [3.63, 3.8) is 0 Å². The van der Waals surface area contributed by atoms with E-state index in [4.69, 9.17) is 4.74 Å². The number of carbonyl (C=O) groups excluding carboxylic acids is 2. The SMILES string of the molecule is COc1ccc(Br)cc1C1CCCN1C(=O)C1CCCN(C(=O)c2ccc(C)cc2)C1. The van der Waals surface area contributed by atoms with Crippen molar-refractivity contribution in [2.75, 3.05) is 26.7 Å². The maximum atomic E-state index is 13.6. The van der Waals surface area contributed by atoms with Crippen LogP contribution in [-0.4, -0.2) is 48.4 Å². The molecule has 0 aromatic heterocycles. The number of rotatable bonds is 4. The lowest BCUT2D eigenvalue weighted by molar-refractivity contribution is -0.138. The number of piperidine rings is 1. The van der Waals surface area contributed by atoms with Crippen LogP contribution in [-0.2, 0) is 4.79 Å². The van der Waals surface area contributed by atoms with E-state index in [1.807, 2.05) is 53.1 Å². The molecular weight excluding hydrogens is 456 g/mol. The van der Waals surface area contributed by atoms with E-state index in [1.165, 1.54) is 0 Å². The number of benzene rings is 2. The average Bonchev–Trinajstić information content (AvgIpc) is 3.28. The number of hydrogen-bond acceptors (Lipinski definition) is 3. The minimum Gasteiger partial charge on any atom is -0.496 e. The molecule has 0 N–H and O–H groups in total. The van der Waals surface area contributed by atoms with E-state index in [2.05, 4.69) is 22.0 Å². The van der Waals surface area contributed by atoms with Crippen molar-refractivity contribution in [3.8, 4) is 5.75 Å². The Hall–Kier alpha value is -2.34. The lowest BCUT2D eigenvalue weighted by Crippen LogP contribution is -2.46. The van der Waals surface area contributed by atoms with Crippen LogP contribution in [0.2, 0.25) is 0 Å². The molecule has 2 aliphatic heterocycles. The van der Waals surface area contributed by atoms with Crippen LogP contribution in [0.3, 0.4) is 0 Å². The number of hydrogen-bond donors (Lipinski definition) is 0. The van der Waals surface area contributed by atoms with Gasteiger partial charge in [-0.1, -0.05) is 33.6 Å². The van der Waals surface area contributed by atoms with Gasteiger partial charge in [0.1, 0.15) is 5.75 Å². The number of aryl methyl sites for hydroxylation is 1. The van der Waals surface area contributed by atoms with E-state index in [0.717, 1.165) is 53.6 Å². The quantitative estimate of drug-likeness (QED) is 0.614. The van der Waals surface area contributed by atoms with Gasteiger partial charge in [0.25, 0.3) is 5.91 Å². The molecule has 2 aromatic rings. The van der Waals surface area contributed by atoms with Crippen molar-refractivity contribution >= 4 is 27.7 Å². The molecule has 164 valence electrons. The Kier molecular flexibility index (Phi) is 6.65. The van der Waals surface area contributed by atoms with Crippen LogP contribution in [0.25, 0.3) is 0 Å². The Morgan fingerprint density at radius 3 is 2.52 bits per heavy atom. The smallest absolute Gasteiger partial charge is 0.253 e. The summed E-state index contributed by atoms with van der Waals surface area (Å²) in [7, 11) is 1.67. The molecule has 0 saturated carbocycles. The Morgan fingerprint density at radius 2 is 1.77 bits per heavy atom. The van der Waals surface area contributed by atoms with Gasteiger partial charge in [-0.25, -0.2) is 0 Å². The van der Waals surface area contributed by atoms with E-state index in [0.29, 0.717) is 18.7 Å². The van der Waals surface area contributed by atoms with Gasteiger partial charge >= 0.3 is 0 Å². The standard InChI is InChI=1S/C25H29BrN2O3/c1-17-7-9-18(10-8-17)24(29)27-13-3-5-19(16-27)25(30)28-14-4-6-22(28)21-15-20(26)11-12-23(21)31-2/h7-12,15,19,22H,3-6,13-14,16H2,1-2H3. The van der Waals surface area contributed by atoms with Gasteiger partial charge in [0.15, 0.2) is 0 Å². The molecule has 0 bridgehead atoms. The van der Waals surface area contributed by atoms with Crippen LogP contribution in [0.15, 0.2) is 46.9 Å². The van der Waals surface area contributed by atoms with Gasteiger partial charge in [0.2, 0.25) is 5.91 Å². The summed E-state index contributed by atoms with van der Waals surface area (Å²) in [6.07, 6.45) is 3.59. The number of ether oxygens (including phenoxy) is 1. The van der Waals surface area contributed by atoms with Crippen LogP contribution >= 0.6 is 15.9 Å².